The minimum Gasteiger partial charge on any atom is -0.355 e. The number of aryl methyl sites for hydroxylation is 1. The molecule has 4 aromatic heterocycles. The van der Waals surface area contributed by atoms with Crippen LogP contribution in [0.15, 0.2) is 42.9 Å². The van der Waals surface area contributed by atoms with Gasteiger partial charge in [0.2, 0.25) is 0 Å². The number of pyridine rings is 2. The summed E-state index contributed by atoms with van der Waals surface area (Å²) in [6, 6.07) is 7.98. The molecular weight excluding hydrogens is 388 g/mol. The van der Waals surface area contributed by atoms with Crippen LogP contribution in [0.5, 0.6) is 0 Å². The van der Waals surface area contributed by atoms with Crippen LogP contribution >= 0.6 is 0 Å². The van der Waals surface area contributed by atoms with E-state index in [2.05, 4.69) is 51.5 Å². The fourth-order valence-corrected chi connectivity index (χ4v) is 3.96. The minimum absolute atomic E-state index is 0.386. The second-order valence-electron chi connectivity index (χ2n) is 8.35. The first-order chi connectivity index (χ1) is 15.1. The maximum Gasteiger partial charge on any atom is 0.158 e. The molecule has 1 aliphatic heterocycles. The number of aromatic nitrogens is 6. The highest BCUT2D eigenvalue weighted by Gasteiger charge is 2.20. The van der Waals surface area contributed by atoms with Gasteiger partial charge in [0.1, 0.15) is 5.82 Å². The van der Waals surface area contributed by atoms with Gasteiger partial charge in [-0.3, -0.25) is 9.67 Å². The molecule has 0 aliphatic carbocycles. The average Bonchev–Trinajstić information content (AvgIpc) is 3.43. The number of hydrogen-bond donors (Lipinski definition) is 1. The van der Waals surface area contributed by atoms with Gasteiger partial charge in [0.15, 0.2) is 11.6 Å². The van der Waals surface area contributed by atoms with Crippen LogP contribution in [0.1, 0.15) is 38.2 Å². The van der Waals surface area contributed by atoms with E-state index in [-0.39, 0.29) is 0 Å². The Morgan fingerprint density at radius 1 is 1.00 bits per heavy atom. The van der Waals surface area contributed by atoms with E-state index in [1.165, 1.54) is 12.8 Å². The van der Waals surface area contributed by atoms with Crippen LogP contribution in [-0.2, 0) is 7.05 Å². The van der Waals surface area contributed by atoms with E-state index >= 15 is 0 Å². The van der Waals surface area contributed by atoms with Crippen molar-refractivity contribution in [3.05, 3.63) is 48.4 Å². The Morgan fingerprint density at radius 2 is 1.84 bits per heavy atom. The van der Waals surface area contributed by atoms with E-state index in [1.807, 2.05) is 36.1 Å². The normalized spacial score (nSPS) is 14.0. The summed E-state index contributed by atoms with van der Waals surface area (Å²) in [6.07, 6.45) is 8.19. The zero-order chi connectivity index (χ0) is 21.4. The third kappa shape index (κ3) is 3.93. The van der Waals surface area contributed by atoms with Gasteiger partial charge in [-0.25, -0.2) is 4.98 Å². The van der Waals surface area contributed by atoms with E-state index in [0.29, 0.717) is 17.6 Å². The number of hydrogen-bond acceptors (Lipinski definition) is 7. The second kappa shape index (κ2) is 7.94. The van der Waals surface area contributed by atoms with Crippen molar-refractivity contribution in [1.29, 1.82) is 0 Å². The Balaban J connectivity index is 1.48. The fraction of sp³-hybridized carbons (Fsp3) is 0.348. The van der Waals surface area contributed by atoms with Crippen molar-refractivity contribution in [2.45, 2.75) is 32.6 Å². The van der Waals surface area contributed by atoms with Gasteiger partial charge in [-0.2, -0.15) is 10.2 Å². The molecule has 8 nitrogen and oxygen atoms in total. The largest absolute Gasteiger partial charge is 0.355 e. The standard InChI is InChI=1S/C23H26N8/c1-15(2)16-11-22(28-25-13-16)27-21-7-6-19-20(26-21)10-17(12-24-19)18-14-30(3)29-23(18)31-8-4-5-9-31/h6-7,10-15H,4-5,8-9H2,1-3H3,(H,26,27,28). The smallest absolute Gasteiger partial charge is 0.158 e. The number of rotatable bonds is 5. The molecule has 1 fully saturated rings. The highest BCUT2D eigenvalue weighted by atomic mass is 15.3. The first-order valence-electron chi connectivity index (χ1n) is 10.7. The lowest BCUT2D eigenvalue weighted by Gasteiger charge is -2.16. The first kappa shape index (κ1) is 19.4. The van der Waals surface area contributed by atoms with Crippen LogP contribution in [0.25, 0.3) is 22.2 Å². The Labute approximate surface area is 181 Å². The van der Waals surface area contributed by atoms with E-state index in [4.69, 9.17) is 10.1 Å². The van der Waals surface area contributed by atoms with E-state index in [0.717, 1.165) is 46.6 Å². The van der Waals surface area contributed by atoms with Crippen LogP contribution in [0, 0.1) is 0 Å². The summed E-state index contributed by atoms with van der Waals surface area (Å²) >= 11 is 0. The van der Waals surface area contributed by atoms with Crippen molar-refractivity contribution >= 4 is 28.5 Å². The van der Waals surface area contributed by atoms with E-state index < -0.39 is 0 Å². The molecule has 0 atom stereocenters. The van der Waals surface area contributed by atoms with Crippen LogP contribution in [-0.4, -0.2) is 43.0 Å². The molecule has 0 aromatic carbocycles. The molecule has 1 N–H and O–H groups in total. The van der Waals surface area contributed by atoms with Crippen LogP contribution in [0.4, 0.5) is 17.5 Å². The van der Waals surface area contributed by atoms with Gasteiger partial charge >= 0.3 is 0 Å². The quantitative estimate of drug-likeness (QED) is 0.521. The summed E-state index contributed by atoms with van der Waals surface area (Å²) in [7, 11) is 1.96. The van der Waals surface area contributed by atoms with E-state index in [9.17, 15) is 0 Å². The topological polar surface area (TPSA) is 84.7 Å². The Kier molecular flexibility index (Phi) is 4.97. The molecule has 0 unspecified atom stereocenters. The molecule has 5 rings (SSSR count). The van der Waals surface area contributed by atoms with Gasteiger partial charge in [0.25, 0.3) is 0 Å². The molecular formula is C23H26N8. The maximum absolute atomic E-state index is 4.78. The third-order valence-corrected chi connectivity index (χ3v) is 5.66. The molecule has 0 amide bonds. The molecule has 5 heterocycles. The summed E-state index contributed by atoms with van der Waals surface area (Å²) in [6.45, 7) is 6.37. The Bertz CT molecular complexity index is 1220. The van der Waals surface area contributed by atoms with Crippen molar-refractivity contribution < 1.29 is 0 Å². The van der Waals surface area contributed by atoms with Gasteiger partial charge in [-0.05, 0) is 48.6 Å². The molecule has 0 spiro atoms. The molecule has 1 aliphatic rings. The number of nitrogens with one attached hydrogen (secondary N) is 1. The first-order valence-corrected chi connectivity index (χ1v) is 10.7. The van der Waals surface area contributed by atoms with Gasteiger partial charge in [0, 0.05) is 43.7 Å². The molecule has 1 saturated heterocycles. The monoisotopic (exact) mass is 414 g/mol. The summed E-state index contributed by atoms with van der Waals surface area (Å²) in [5.41, 5.74) is 4.92. The third-order valence-electron chi connectivity index (χ3n) is 5.66. The number of nitrogens with zero attached hydrogens (tertiary/aromatic N) is 7. The molecule has 0 bridgehead atoms. The Morgan fingerprint density at radius 3 is 2.65 bits per heavy atom. The van der Waals surface area contributed by atoms with Crippen LogP contribution < -0.4 is 10.2 Å². The van der Waals surface area contributed by atoms with Crippen molar-refractivity contribution in [1.82, 2.24) is 29.9 Å². The lowest BCUT2D eigenvalue weighted by molar-refractivity contribution is 0.755. The Hall–Kier alpha value is -3.55. The number of anilines is 3. The molecule has 8 heteroatoms. The zero-order valence-electron chi connectivity index (χ0n) is 18.1. The summed E-state index contributed by atoms with van der Waals surface area (Å²) in [5, 5.41) is 16.3. The lowest BCUT2D eigenvalue weighted by atomic mass is 10.1. The van der Waals surface area contributed by atoms with Gasteiger partial charge in [-0.1, -0.05) is 13.8 Å². The van der Waals surface area contributed by atoms with E-state index in [1.54, 1.807) is 6.20 Å². The highest BCUT2D eigenvalue weighted by Crippen LogP contribution is 2.32. The molecule has 158 valence electrons. The summed E-state index contributed by atoms with van der Waals surface area (Å²) in [4.78, 5) is 11.8. The predicted molar refractivity (Wildman–Crippen MR) is 123 cm³/mol. The number of fused-ring (bicyclic) bond motifs is 1. The predicted octanol–water partition coefficient (Wildman–Crippen LogP) is 4.29. The van der Waals surface area contributed by atoms with Crippen molar-refractivity contribution in [3.8, 4) is 11.1 Å². The van der Waals surface area contributed by atoms with Crippen LogP contribution in [0.3, 0.4) is 0 Å². The van der Waals surface area contributed by atoms with Crippen molar-refractivity contribution in [2.75, 3.05) is 23.3 Å². The SMILES string of the molecule is CC(C)c1cnnc(Nc2ccc3ncc(-c4cn(C)nc4N4CCCC4)cc3n2)c1. The summed E-state index contributed by atoms with van der Waals surface area (Å²) < 4.78 is 1.87. The molecule has 0 radical (unpaired) electrons. The van der Waals surface area contributed by atoms with Gasteiger partial charge < -0.3 is 10.2 Å². The van der Waals surface area contributed by atoms with Crippen molar-refractivity contribution in [2.24, 2.45) is 7.05 Å². The highest BCUT2D eigenvalue weighted by molar-refractivity contribution is 5.85. The van der Waals surface area contributed by atoms with Crippen LogP contribution in [0.2, 0.25) is 0 Å². The molecule has 0 saturated carbocycles. The minimum atomic E-state index is 0.386. The molecule has 4 aromatic rings. The maximum atomic E-state index is 4.78. The lowest BCUT2D eigenvalue weighted by Crippen LogP contribution is -2.19. The fourth-order valence-electron chi connectivity index (χ4n) is 3.96. The summed E-state index contributed by atoms with van der Waals surface area (Å²) in [5.74, 6) is 2.81. The second-order valence-corrected chi connectivity index (χ2v) is 8.35. The zero-order valence-corrected chi connectivity index (χ0v) is 18.1. The van der Waals surface area contributed by atoms with Gasteiger partial charge in [-0.15, -0.1) is 5.10 Å². The molecule has 31 heavy (non-hydrogen) atoms. The average molecular weight is 415 g/mol. The van der Waals surface area contributed by atoms with Crippen molar-refractivity contribution in [3.63, 3.8) is 0 Å². The van der Waals surface area contributed by atoms with Gasteiger partial charge in [0.05, 0.1) is 17.2 Å².